The highest BCUT2D eigenvalue weighted by Crippen LogP contribution is 2.28. The van der Waals surface area contributed by atoms with E-state index >= 15 is 0 Å². The maximum absolute atomic E-state index is 11.9. The van der Waals surface area contributed by atoms with Gasteiger partial charge in [-0.2, -0.15) is 0 Å². The molecule has 10 nitrogen and oxygen atoms in total. The van der Waals surface area contributed by atoms with Crippen LogP contribution in [0.1, 0.15) is 41.9 Å². The Hall–Kier alpha value is -4.49. The molecule has 46 heavy (non-hydrogen) atoms. The SMILES string of the molecule is CN[C@H]1COCC(Cc2ccccc2)CC(C)OC1=O.COc1ccnc(C=O)c1OC(C)=O.Cc1ccc(OC(F)(F)F)cc1. The number of benzene rings is 2. The fourth-order valence-corrected chi connectivity index (χ4v) is 4.25. The topological polar surface area (TPSA) is 122 Å². The summed E-state index contributed by atoms with van der Waals surface area (Å²) in [4.78, 5) is 36.9. The van der Waals surface area contributed by atoms with Crippen LogP contribution in [0.3, 0.4) is 0 Å². The van der Waals surface area contributed by atoms with Crippen molar-refractivity contribution in [2.45, 2.75) is 52.1 Å². The Labute approximate surface area is 266 Å². The summed E-state index contributed by atoms with van der Waals surface area (Å²) >= 11 is 0. The van der Waals surface area contributed by atoms with Crippen molar-refractivity contribution in [1.29, 1.82) is 0 Å². The molecule has 2 heterocycles. The molecule has 0 radical (unpaired) electrons. The van der Waals surface area contributed by atoms with Crippen molar-refractivity contribution in [1.82, 2.24) is 10.3 Å². The zero-order valence-electron chi connectivity index (χ0n) is 26.3. The first-order chi connectivity index (χ1) is 21.8. The van der Waals surface area contributed by atoms with E-state index in [2.05, 4.69) is 27.2 Å². The Balaban J connectivity index is 0.000000250. The predicted octanol–water partition coefficient (Wildman–Crippen LogP) is 5.51. The number of carbonyl (C=O) groups is 3. The van der Waals surface area contributed by atoms with E-state index in [0.29, 0.717) is 31.2 Å². The normalized spacial score (nSPS) is 18.0. The maximum Gasteiger partial charge on any atom is 0.573 e. The lowest BCUT2D eigenvalue weighted by molar-refractivity contribution is -0.274. The van der Waals surface area contributed by atoms with Crippen molar-refractivity contribution in [2.24, 2.45) is 5.92 Å². The second-order valence-electron chi connectivity index (χ2n) is 10.2. The number of aryl methyl sites for hydroxylation is 1. The van der Waals surface area contributed by atoms with Gasteiger partial charge < -0.3 is 29.0 Å². The highest BCUT2D eigenvalue weighted by Gasteiger charge is 2.31. The minimum Gasteiger partial charge on any atom is -0.493 e. The van der Waals surface area contributed by atoms with E-state index < -0.39 is 12.3 Å². The molecule has 1 aliphatic rings. The lowest BCUT2D eigenvalue weighted by Crippen LogP contribution is -2.40. The molecule has 0 bridgehead atoms. The van der Waals surface area contributed by atoms with E-state index in [-0.39, 0.29) is 35.3 Å². The van der Waals surface area contributed by atoms with E-state index in [1.165, 1.54) is 44.0 Å². The predicted molar refractivity (Wildman–Crippen MR) is 163 cm³/mol. The number of cyclic esters (lactones) is 1. The number of aromatic nitrogens is 1. The van der Waals surface area contributed by atoms with Crippen molar-refractivity contribution in [3.8, 4) is 17.2 Å². The third-order valence-corrected chi connectivity index (χ3v) is 6.35. The molecule has 1 aliphatic heterocycles. The summed E-state index contributed by atoms with van der Waals surface area (Å²) < 4.78 is 59.4. The van der Waals surface area contributed by atoms with Crippen LogP contribution in [-0.2, 0) is 25.5 Å². The number of hydrogen-bond donors (Lipinski definition) is 1. The monoisotopic (exact) mass is 648 g/mol. The smallest absolute Gasteiger partial charge is 0.493 e. The van der Waals surface area contributed by atoms with Gasteiger partial charge in [0.2, 0.25) is 5.75 Å². The third kappa shape index (κ3) is 14.1. The van der Waals surface area contributed by atoms with Crippen LogP contribution in [0.2, 0.25) is 0 Å². The van der Waals surface area contributed by atoms with Crippen molar-refractivity contribution in [2.75, 3.05) is 27.4 Å². The van der Waals surface area contributed by atoms with Gasteiger partial charge in [-0.15, -0.1) is 13.2 Å². The van der Waals surface area contributed by atoms with Gasteiger partial charge in [-0.1, -0.05) is 48.0 Å². The number of pyridine rings is 1. The Morgan fingerprint density at radius 1 is 1.09 bits per heavy atom. The first-order valence-corrected chi connectivity index (χ1v) is 14.3. The van der Waals surface area contributed by atoms with Crippen LogP contribution in [0.4, 0.5) is 13.2 Å². The Morgan fingerprint density at radius 3 is 2.33 bits per heavy atom. The summed E-state index contributed by atoms with van der Waals surface area (Å²) in [5.74, 6) is -0.210. The van der Waals surface area contributed by atoms with Crippen LogP contribution in [0.15, 0.2) is 66.9 Å². The average Bonchev–Trinajstić information content (AvgIpc) is 3.06. The molecule has 1 N–H and O–H groups in total. The van der Waals surface area contributed by atoms with Crippen molar-refractivity contribution >= 4 is 18.2 Å². The fraction of sp³-hybridized carbons (Fsp3) is 0.394. The van der Waals surface area contributed by atoms with Crippen LogP contribution >= 0.6 is 0 Å². The van der Waals surface area contributed by atoms with Gasteiger partial charge in [0.15, 0.2) is 12.0 Å². The molecule has 1 aromatic heterocycles. The number of aldehydes is 1. The molecule has 1 fully saturated rings. The van der Waals surface area contributed by atoms with Crippen molar-refractivity contribution in [3.05, 3.63) is 83.7 Å². The van der Waals surface area contributed by atoms with Crippen LogP contribution in [0.25, 0.3) is 0 Å². The van der Waals surface area contributed by atoms with Gasteiger partial charge in [-0.3, -0.25) is 14.4 Å². The van der Waals surface area contributed by atoms with E-state index in [9.17, 15) is 27.6 Å². The second kappa shape index (κ2) is 19.1. The second-order valence-corrected chi connectivity index (χ2v) is 10.2. The number of likely N-dealkylation sites (N-methyl/N-ethyl adjacent to an activating group) is 1. The molecule has 1 saturated heterocycles. The summed E-state index contributed by atoms with van der Waals surface area (Å²) in [6, 6.07) is 17.2. The molecule has 3 atom stereocenters. The molecule has 4 rings (SSSR count). The number of esters is 2. The summed E-state index contributed by atoms with van der Waals surface area (Å²) in [7, 11) is 3.16. The van der Waals surface area contributed by atoms with Gasteiger partial charge in [0.1, 0.15) is 17.5 Å². The molecule has 0 amide bonds. The van der Waals surface area contributed by atoms with Gasteiger partial charge >= 0.3 is 18.3 Å². The third-order valence-electron chi connectivity index (χ3n) is 6.35. The maximum atomic E-state index is 11.9. The van der Waals surface area contributed by atoms with Crippen LogP contribution < -0.4 is 19.5 Å². The summed E-state index contributed by atoms with van der Waals surface area (Å²) in [6.45, 7) is 6.01. The van der Waals surface area contributed by atoms with Gasteiger partial charge in [-0.05, 0) is 57.4 Å². The number of nitrogens with zero attached hydrogens (tertiary/aromatic N) is 1. The number of halogens is 3. The van der Waals surface area contributed by atoms with E-state index in [4.69, 9.17) is 18.9 Å². The number of rotatable bonds is 7. The molecular weight excluding hydrogens is 609 g/mol. The number of methoxy groups -OCH3 is 1. The summed E-state index contributed by atoms with van der Waals surface area (Å²) in [5.41, 5.74) is 2.23. The van der Waals surface area contributed by atoms with Crippen molar-refractivity contribution < 1.29 is 51.2 Å². The average molecular weight is 649 g/mol. The van der Waals surface area contributed by atoms with Gasteiger partial charge in [0.25, 0.3) is 0 Å². The van der Waals surface area contributed by atoms with Crippen molar-refractivity contribution in [3.63, 3.8) is 0 Å². The minimum atomic E-state index is -4.60. The summed E-state index contributed by atoms with van der Waals surface area (Å²) in [5, 5.41) is 2.93. The van der Waals surface area contributed by atoms with Gasteiger partial charge in [0, 0.05) is 25.8 Å². The molecule has 0 aliphatic carbocycles. The van der Waals surface area contributed by atoms with E-state index in [1.807, 2.05) is 25.1 Å². The lowest BCUT2D eigenvalue weighted by atomic mass is 9.95. The Kier molecular flexibility index (Phi) is 15.7. The van der Waals surface area contributed by atoms with E-state index in [1.54, 1.807) is 26.1 Å². The largest absolute Gasteiger partial charge is 0.573 e. The van der Waals surface area contributed by atoms with E-state index in [0.717, 1.165) is 18.4 Å². The number of ether oxygens (including phenoxy) is 5. The number of nitrogens with one attached hydrogen (secondary N) is 1. The minimum absolute atomic E-state index is 0.0413. The quantitative estimate of drug-likeness (QED) is 0.259. The molecule has 2 unspecified atom stereocenters. The molecule has 2 aromatic carbocycles. The fourth-order valence-electron chi connectivity index (χ4n) is 4.25. The molecule has 3 aromatic rings. The first kappa shape index (κ1) is 37.7. The number of carbonyl (C=O) groups excluding carboxylic acids is 3. The first-order valence-electron chi connectivity index (χ1n) is 14.3. The molecule has 0 spiro atoms. The zero-order chi connectivity index (χ0) is 34.1. The highest BCUT2D eigenvalue weighted by atomic mass is 19.4. The molecular formula is C33H39F3N2O8. The summed E-state index contributed by atoms with van der Waals surface area (Å²) in [6.07, 6.45) is -0.996. The number of hydrogen-bond acceptors (Lipinski definition) is 10. The highest BCUT2D eigenvalue weighted by molar-refractivity contribution is 5.81. The standard InChI is InChI=1S/C16H23NO3.C9H9NO4.C8H7F3O/c1-12-8-14(9-13-6-4-3-5-7-13)10-19-11-15(17-2)16(18)20-12;1-6(12)14-9-7(5-11)10-4-3-8(9)13-2;1-6-2-4-7(5-3-6)12-8(9,10)11/h3-7,12,14-15,17H,8-11H2,1-2H3;3-5H,1-2H3;2-5H,1H3/t12?,14?,15-;;/m0../s1. The molecule has 13 heteroatoms. The molecule has 250 valence electrons. The van der Waals surface area contributed by atoms with Gasteiger partial charge in [0.05, 0.1) is 19.8 Å². The van der Waals surface area contributed by atoms with Crippen LogP contribution in [-0.4, -0.2) is 69.1 Å². The number of alkyl halides is 3. The van der Waals surface area contributed by atoms with Crippen LogP contribution in [0.5, 0.6) is 17.2 Å². The van der Waals surface area contributed by atoms with Crippen LogP contribution in [0, 0.1) is 12.8 Å². The Morgan fingerprint density at radius 2 is 1.76 bits per heavy atom. The lowest BCUT2D eigenvalue weighted by Gasteiger charge is -2.19. The molecule has 0 saturated carbocycles. The van der Waals surface area contributed by atoms with Gasteiger partial charge in [-0.25, -0.2) is 4.98 Å². The Bertz CT molecular complexity index is 1370. The zero-order valence-corrected chi connectivity index (χ0v) is 26.3.